The SMILES string of the molecule is Cc1ccc(C)c(-n2cc(Cl)cc2C(=O)O)c1. The van der Waals surface area contributed by atoms with Gasteiger partial charge in [0.2, 0.25) is 0 Å². The van der Waals surface area contributed by atoms with Gasteiger partial charge in [-0.3, -0.25) is 0 Å². The molecular weight excluding hydrogens is 238 g/mol. The Kier molecular flexibility index (Phi) is 2.94. The van der Waals surface area contributed by atoms with Crippen LogP contribution in [0, 0.1) is 13.8 Å². The van der Waals surface area contributed by atoms with E-state index in [9.17, 15) is 4.79 Å². The Labute approximate surface area is 104 Å². The van der Waals surface area contributed by atoms with Crippen molar-refractivity contribution in [3.63, 3.8) is 0 Å². The number of aromatic carboxylic acids is 1. The van der Waals surface area contributed by atoms with Gasteiger partial charge in [0.15, 0.2) is 0 Å². The van der Waals surface area contributed by atoms with E-state index in [2.05, 4.69) is 0 Å². The lowest BCUT2D eigenvalue weighted by Gasteiger charge is -2.10. The molecule has 1 N–H and O–H groups in total. The summed E-state index contributed by atoms with van der Waals surface area (Å²) >= 11 is 5.87. The minimum Gasteiger partial charge on any atom is -0.477 e. The molecule has 0 aliphatic rings. The number of hydrogen-bond donors (Lipinski definition) is 1. The second-order valence-electron chi connectivity index (χ2n) is 4.01. The van der Waals surface area contributed by atoms with E-state index in [1.165, 1.54) is 6.07 Å². The lowest BCUT2D eigenvalue weighted by atomic mass is 10.1. The molecule has 3 nitrogen and oxygen atoms in total. The van der Waals surface area contributed by atoms with Gasteiger partial charge in [0.05, 0.1) is 5.02 Å². The minimum atomic E-state index is -0.988. The number of benzene rings is 1. The first-order valence-corrected chi connectivity index (χ1v) is 5.55. The molecule has 0 amide bonds. The van der Waals surface area contributed by atoms with Crippen molar-refractivity contribution >= 4 is 17.6 Å². The highest BCUT2D eigenvalue weighted by atomic mass is 35.5. The lowest BCUT2D eigenvalue weighted by molar-refractivity contribution is 0.0688. The van der Waals surface area contributed by atoms with Crippen LogP contribution in [0.15, 0.2) is 30.5 Å². The van der Waals surface area contributed by atoms with E-state index < -0.39 is 5.97 Å². The third kappa shape index (κ3) is 2.19. The van der Waals surface area contributed by atoms with E-state index in [-0.39, 0.29) is 5.69 Å². The van der Waals surface area contributed by atoms with Crippen molar-refractivity contribution < 1.29 is 9.90 Å². The van der Waals surface area contributed by atoms with E-state index in [1.54, 1.807) is 10.8 Å². The number of aromatic nitrogens is 1. The maximum absolute atomic E-state index is 11.1. The number of carbonyl (C=O) groups is 1. The van der Waals surface area contributed by atoms with Crippen LogP contribution in [0.5, 0.6) is 0 Å². The Bertz CT molecular complexity index is 587. The van der Waals surface area contributed by atoms with E-state index in [0.29, 0.717) is 5.02 Å². The molecule has 0 bridgehead atoms. The van der Waals surface area contributed by atoms with Gasteiger partial charge in [-0.2, -0.15) is 0 Å². The van der Waals surface area contributed by atoms with Gasteiger partial charge in [-0.15, -0.1) is 0 Å². The maximum atomic E-state index is 11.1. The normalized spacial score (nSPS) is 10.5. The van der Waals surface area contributed by atoms with Crippen LogP contribution in [0.1, 0.15) is 21.6 Å². The van der Waals surface area contributed by atoms with Crippen molar-refractivity contribution in [3.05, 3.63) is 52.3 Å². The fraction of sp³-hybridized carbons (Fsp3) is 0.154. The summed E-state index contributed by atoms with van der Waals surface area (Å²) in [4.78, 5) is 11.1. The summed E-state index contributed by atoms with van der Waals surface area (Å²) in [6.45, 7) is 3.91. The quantitative estimate of drug-likeness (QED) is 0.886. The zero-order chi connectivity index (χ0) is 12.6. The van der Waals surface area contributed by atoms with Crippen molar-refractivity contribution in [1.29, 1.82) is 0 Å². The Balaban J connectivity index is 2.67. The van der Waals surface area contributed by atoms with E-state index in [1.807, 2.05) is 32.0 Å². The smallest absolute Gasteiger partial charge is 0.352 e. The zero-order valence-corrected chi connectivity index (χ0v) is 10.3. The molecule has 0 saturated carbocycles. The first-order chi connectivity index (χ1) is 7.99. The van der Waals surface area contributed by atoms with Gasteiger partial charge >= 0.3 is 5.97 Å². The van der Waals surface area contributed by atoms with Crippen LogP contribution >= 0.6 is 11.6 Å². The maximum Gasteiger partial charge on any atom is 0.352 e. The number of rotatable bonds is 2. The fourth-order valence-corrected chi connectivity index (χ4v) is 1.97. The molecule has 0 saturated heterocycles. The number of hydrogen-bond acceptors (Lipinski definition) is 1. The summed E-state index contributed by atoms with van der Waals surface area (Å²) in [5.74, 6) is -0.988. The second kappa shape index (κ2) is 4.26. The number of halogens is 1. The molecule has 0 fully saturated rings. The molecule has 0 aliphatic heterocycles. The molecule has 0 unspecified atom stereocenters. The topological polar surface area (TPSA) is 42.2 Å². The van der Waals surface area contributed by atoms with Crippen molar-refractivity contribution in [3.8, 4) is 5.69 Å². The molecule has 0 spiro atoms. The summed E-state index contributed by atoms with van der Waals surface area (Å²) in [5, 5.41) is 9.54. The predicted molar refractivity (Wildman–Crippen MR) is 67.2 cm³/mol. The highest BCUT2D eigenvalue weighted by molar-refractivity contribution is 6.31. The lowest BCUT2D eigenvalue weighted by Crippen LogP contribution is -2.07. The van der Waals surface area contributed by atoms with Gasteiger partial charge in [-0.1, -0.05) is 23.7 Å². The Morgan fingerprint density at radius 2 is 2.00 bits per heavy atom. The largest absolute Gasteiger partial charge is 0.477 e. The first-order valence-electron chi connectivity index (χ1n) is 5.18. The van der Waals surface area contributed by atoms with Crippen LogP contribution in [-0.2, 0) is 0 Å². The van der Waals surface area contributed by atoms with E-state index in [4.69, 9.17) is 16.7 Å². The molecule has 0 atom stereocenters. The van der Waals surface area contributed by atoms with Crippen LogP contribution in [0.2, 0.25) is 5.02 Å². The summed E-state index contributed by atoms with van der Waals surface area (Å²) in [6.07, 6.45) is 1.62. The summed E-state index contributed by atoms with van der Waals surface area (Å²) in [6, 6.07) is 7.35. The predicted octanol–water partition coefficient (Wildman–Crippen LogP) is 3.45. The Morgan fingerprint density at radius 3 is 2.65 bits per heavy atom. The molecule has 4 heteroatoms. The molecule has 1 heterocycles. The van der Waals surface area contributed by atoms with E-state index in [0.717, 1.165) is 16.8 Å². The molecule has 2 aromatic rings. The Hall–Kier alpha value is -1.74. The third-order valence-corrected chi connectivity index (χ3v) is 2.84. The first kappa shape index (κ1) is 11.7. The molecule has 0 aliphatic carbocycles. The standard InChI is InChI=1S/C13H12ClNO2/c1-8-3-4-9(2)11(5-8)15-7-10(14)6-12(15)13(16)17/h3-7H,1-2H3,(H,16,17). The Morgan fingerprint density at radius 1 is 1.29 bits per heavy atom. The van der Waals surface area contributed by atoms with Crippen LogP contribution in [-0.4, -0.2) is 15.6 Å². The van der Waals surface area contributed by atoms with Crippen LogP contribution in [0.25, 0.3) is 5.69 Å². The number of aryl methyl sites for hydroxylation is 2. The van der Waals surface area contributed by atoms with Crippen LogP contribution < -0.4 is 0 Å². The fourth-order valence-electron chi connectivity index (χ4n) is 1.77. The minimum absolute atomic E-state index is 0.170. The van der Waals surface area contributed by atoms with E-state index >= 15 is 0 Å². The summed E-state index contributed by atoms with van der Waals surface area (Å²) in [7, 11) is 0. The van der Waals surface area contributed by atoms with Gasteiger partial charge in [-0.25, -0.2) is 4.79 Å². The van der Waals surface area contributed by atoms with Gasteiger partial charge in [-0.05, 0) is 37.1 Å². The van der Waals surface area contributed by atoms with Gasteiger partial charge in [0.25, 0.3) is 0 Å². The average molecular weight is 250 g/mol. The molecule has 0 radical (unpaired) electrons. The van der Waals surface area contributed by atoms with Gasteiger partial charge in [0, 0.05) is 11.9 Å². The van der Waals surface area contributed by atoms with Gasteiger partial charge in [0.1, 0.15) is 5.69 Å². The average Bonchev–Trinajstić information content (AvgIpc) is 2.64. The summed E-state index contributed by atoms with van der Waals surface area (Å²) < 4.78 is 1.60. The van der Waals surface area contributed by atoms with Crippen LogP contribution in [0.3, 0.4) is 0 Å². The van der Waals surface area contributed by atoms with Crippen LogP contribution in [0.4, 0.5) is 0 Å². The molecule has 17 heavy (non-hydrogen) atoms. The molecular formula is C13H12ClNO2. The molecule has 2 rings (SSSR count). The van der Waals surface area contributed by atoms with Crippen molar-refractivity contribution in [2.75, 3.05) is 0 Å². The molecule has 88 valence electrons. The number of carboxylic acids is 1. The second-order valence-corrected chi connectivity index (χ2v) is 4.45. The molecule has 1 aromatic heterocycles. The summed E-state index contributed by atoms with van der Waals surface area (Å²) in [5.41, 5.74) is 3.09. The number of carboxylic acid groups (broad SMARTS) is 1. The van der Waals surface area contributed by atoms with Crippen molar-refractivity contribution in [1.82, 2.24) is 4.57 Å². The monoisotopic (exact) mass is 249 g/mol. The van der Waals surface area contributed by atoms with Crippen molar-refractivity contribution in [2.24, 2.45) is 0 Å². The highest BCUT2D eigenvalue weighted by Crippen LogP contribution is 2.22. The zero-order valence-electron chi connectivity index (χ0n) is 9.57. The third-order valence-electron chi connectivity index (χ3n) is 2.63. The highest BCUT2D eigenvalue weighted by Gasteiger charge is 2.14. The van der Waals surface area contributed by atoms with Crippen molar-refractivity contribution in [2.45, 2.75) is 13.8 Å². The molecule has 1 aromatic carbocycles. The van der Waals surface area contributed by atoms with Gasteiger partial charge < -0.3 is 9.67 Å². The number of nitrogens with zero attached hydrogens (tertiary/aromatic N) is 1.